The fourth-order valence-corrected chi connectivity index (χ4v) is 3.09. The smallest absolute Gasteiger partial charge is 0.673 e. The average Bonchev–Trinajstić information content (AvgIpc) is 3.18. The Morgan fingerprint density at radius 3 is 1.22 bits per heavy atom. The van der Waals surface area contributed by atoms with E-state index in [1.807, 2.05) is 0 Å². The summed E-state index contributed by atoms with van der Waals surface area (Å²) >= 11 is 0. The third-order valence-corrected chi connectivity index (χ3v) is 5.30. The van der Waals surface area contributed by atoms with Crippen molar-refractivity contribution in [1.29, 1.82) is 0 Å². The van der Waals surface area contributed by atoms with Crippen LogP contribution in [0.4, 0.5) is 17.3 Å². The van der Waals surface area contributed by atoms with E-state index in [-0.39, 0.29) is 17.0 Å². The third-order valence-electron chi connectivity index (χ3n) is 5.30. The predicted octanol–water partition coefficient (Wildman–Crippen LogP) is 2.71. The van der Waals surface area contributed by atoms with Crippen LogP contribution in [0.25, 0.3) is 0 Å². The first-order valence-corrected chi connectivity index (χ1v) is 11.4. The van der Waals surface area contributed by atoms with Crippen LogP contribution in [0.3, 0.4) is 0 Å². The molecule has 0 aliphatic rings. The zero-order chi connectivity index (χ0) is 23.9. The second kappa shape index (κ2) is 18.1. The van der Waals surface area contributed by atoms with Gasteiger partial charge in [0, 0.05) is 13.8 Å². The molecule has 0 aromatic carbocycles. The normalized spacial score (nSPS) is 10.6. The summed E-state index contributed by atoms with van der Waals surface area (Å²) in [5.74, 6) is 2.69. The number of aryl methyl sites for hydroxylation is 4. The molecule has 2 heterocycles. The topological polar surface area (TPSA) is 17.6 Å². The molecular weight excluding hydrogens is 487 g/mol. The van der Waals surface area contributed by atoms with Crippen LogP contribution in [0, 0.1) is 13.8 Å². The first-order valence-electron chi connectivity index (χ1n) is 11.4. The molecule has 4 nitrogen and oxygen atoms in total. The number of unbranched alkanes of at least 4 members (excludes halogenated alkanes) is 6. The van der Waals surface area contributed by atoms with E-state index in [0.717, 1.165) is 0 Å². The molecule has 10 heteroatoms. The molecule has 0 unspecified atom stereocenters. The fourth-order valence-electron chi connectivity index (χ4n) is 3.09. The van der Waals surface area contributed by atoms with Crippen molar-refractivity contribution in [2.45, 2.75) is 92.2 Å². The van der Waals surface area contributed by atoms with Crippen molar-refractivity contribution < 1.29 is 43.4 Å². The van der Waals surface area contributed by atoms with E-state index < -0.39 is 7.25 Å². The molecule has 0 spiro atoms. The Labute approximate surface area is 202 Å². The molecule has 0 aliphatic heterocycles. The minimum absolute atomic E-state index is 0. The van der Waals surface area contributed by atoms with Crippen LogP contribution in [0.5, 0.6) is 0 Å². The average molecular weight is 529 g/mol. The lowest BCUT2D eigenvalue weighted by atomic mass is 10.2. The van der Waals surface area contributed by atoms with E-state index in [0.29, 0.717) is 0 Å². The molecule has 188 valence electrons. The van der Waals surface area contributed by atoms with Gasteiger partial charge in [-0.1, -0.05) is 39.5 Å². The van der Waals surface area contributed by atoms with Crippen LogP contribution in [0.1, 0.15) is 76.9 Å². The van der Waals surface area contributed by atoms with Crippen molar-refractivity contribution in [2.75, 3.05) is 0 Å². The van der Waals surface area contributed by atoms with Gasteiger partial charge in [0.2, 0.25) is 0 Å². The Morgan fingerprint density at radius 1 is 0.688 bits per heavy atom. The van der Waals surface area contributed by atoms with E-state index >= 15 is 0 Å². The number of halogens is 5. The summed E-state index contributed by atoms with van der Waals surface area (Å²) in [6.45, 7) is 11.2. The van der Waals surface area contributed by atoms with Gasteiger partial charge < -0.3 is 34.2 Å². The predicted molar refractivity (Wildman–Crippen MR) is 119 cm³/mol. The van der Waals surface area contributed by atoms with E-state index in [1.165, 1.54) is 76.1 Å². The van der Waals surface area contributed by atoms with Gasteiger partial charge in [0.25, 0.3) is 11.6 Å². The monoisotopic (exact) mass is 528 g/mol. The quantitative estimate of drug-likeness (QED) is 0.195. The Morgan fingerprint density at radius 2 is 1.00 bits per heavy atom. The fraction of sp³-hybridized carbons (Fsp3) is 0.727. The van der Waals surface area contributed by atoms with Crippen molar-refractivity contribution in [3.63, 3.8) is 0 Å². The van der Waals surface area contributed by atoms with Gasteiger partial charge in [-0.15, -0.1) is 0 Å². The lowest BCUT2D eigenvalue weighted by Gasteiger charge is -1.98. The summed E-state index contributed by atoms with van der Waals surface area (Å²) in [5, 5.41) is 0. The number of nitrogens with zero attached hydrogens (tertiary/aromatic N) is 4. The van der Waals surface area contributed by atoms with E-state index in [1.54, 1.807) is 0 Å². The largest absolute Gasteiger partial charge is 1.00 e. The molecule has 32 heavy (non-hydrogen) atoms. The maximum absolute atomic E-state index is 9.75. The summed E-state index contributed by atoms with van der Waals surface area (Å²) in [6, 6.07) is 0. The molecule has 2 rings (SSSR count). The number of hydrogen-bond donors (Lipinski definition) is 0. The molecular formula is C22H42BBrF4N4. The van der Waals surface area contributed by atoms with Crippen molar-refractivity contribution in [1.82, 2.24) is 9.13 Å². The van der Waals surface area contributed by atoms with Gasteiger partial charge in [-0.25, -0.2) is 18.3 Å². The SMILES string of the molecule is CCCCCCn1cc[n+](C)c1C.CCCCCCn1cc[n+](C)c1C.F[B-](F)(F)F.[Br-]. The zero-order valence-corrected chi connectivity index (χ0v) is 22.2. The molecule has 0 N–H and O–H groups in total. The van der Waals surface area contributed by atoms with Crippen LogP contribution in [-0.4, -0.2) is 16.4 Å². The lowest BCUT2D eigenvalue weighted by Crippen LogP contribution is -3.00. The van der Waals surface area contributed by atoms with Gasteiger partial charge in [0.05, 0.1) is 27.2 Å². The van der Waals surface area contributed by atoms with E-state index in [2.05, 4.69) is 84.8 Å². The third kappa shape index (κ3) is 16.3. The van der Waals surface area contributed by atoms with Gasteiger partial charge in [0.1, 0.15) is 24.8 Å². The maximum atomic E-state index is 9.75. The Hall–Kier alpha value is -1.32. The first kappa shape index (κ1) is 32.9. The van der Waals surface area contributed by atoms with Gasteiger partial charge in [-0.3, -0.25) is 0 Å². The summed E-state index contributed by atoms with van der Waals surface area (Å²) in [7, 11) is -1.81. The maximum Gasteiger partial charge on any atom is 0.673 e. The van der Waals surface area contributed by atoms with Crippen molar-refractivity contribution in [3.05, 3.63) is 36.4 Å². The van der Waals surface area contributed by atoms with Crippen LogP contribution in [-0.2, 0) is 27.2 Å². The van der Waals surface area contributed by atoms with Gasteiger partial charge in [-0.2, -0.15) is 0 Å². The minimum atomic E-state index is -6.00. The van der Waals surface area contributed by atoms with E-state index in [4.69, 9.17) is 0 Å². The first-order chi connectivity index (χ1) is 14.5. The standard InChI is InChI=1S/2C11H21N2.BF4.BrH/c2*1-4-5-6-7-8-13-10-9-12(3)11(13)2;2-1(3,4)5;/h2*9-10H,4-8H2,1-3H3;;1H/q2*+1;-1;/p-1. The molecule has 0 atom stereocenters. The molecule has 0 bridgehead atoms. The molecule has 0 amide bonds. The summed E-state index contributed by atoms with van der Waals surface area (Å²) in [6.07, 6.45) is 19.3. The summed E-state index contributed by atoms with van der Waals surface area (Å²) < 4.78 is 48.0. The molecule has 0 radical (unpaired) electrons. The van der Waals surface area contributed by atoms with Crippen molar-refractivity contribution >= 4 is 7.25 Å². The highest BCUT2D eigenvalue weighted by atomic mass is 79.9. The van der Waals surface area contributed by atoms with Crippen LogP contribution in [0.2, 0.25) is 0 Å². The number of aromatic nitrogens is 4. The van der Waals surface area contributed by atoms with Gasteiger partial charge in [0.15, 0.2) is 0 Å². The highest BCUT2D eigenvalue weighted by Gasteiger charge is 2.20. The Bertz CT molecular complexity index is 657. The minimum Gasteiger partial charge on any atom is -1.00 e. The zero-order valence-electron chi connectivity index (χ0n) is 20.6. The van der Waals surface area contributed by atoms with Gasteiger partial charge in [-0.05, 0) is 25.7 Å². The highest BCUT2D eigenvalue weighted by molar-refractivity contribution is 6.50. The van der Waals surface area contributed by atoms with E-state index in [9.17, 15) is 17.3 Å². The van der Waals surface area contributed by atoms with Crippen LogP contribution < -0.4 is 26.1 Å². The Kier molecular flexibility index (Phi) is 18.6. The van der Waals surface area contributed by atoms with Crippen molar-refractivity contribution in [3.8, 4) is 0 Å². The van der Waals surface area contributed by atoms with Crippen LogP contribution >= 0.6 is 0 Å². The molecule has 2 aromatic rings. The second-order valence-electron chi connectivity index (χ2n) is 7.92. The number of hydrogen-bond acceptors (Lipinski definition) is 0. The number of rotatable bonds is 10. The molecule has 0 fully saturated rings. The number of imidazole rings is 2. The lowest BCUT2D eigenvalue weighted by molar-refractivity contribution is -0.677. The Balaban J connectivity index is 0. The summed E-state index contributed by atoms with van der Waals surface area (Å²) in [4.78, 5) is 0. The highest BCUT2D eigenvalue weighted by Crippen LogP contribution is 2.06. The van der Waals surface area contributed by atoms with Crippen molar-refractivity contribution in [2.24, 2.45) is 14.1 Å². The summed E-state index contributed by atoms with van der Waals surface area (Å²) in [5.41, 5.74) is 0. The molecule has 0 saturated heterocycles. The molecule has 0 saturated carbocycles. The van der Waals surface area contributed by atoms with Gasteiger partial charge >= 0.3 is 7.25 Å². The second-order valence-corrected chi connectivity index (χ2v) is 7.92. The molecule has 0 aliphatic carbocycles. The molecule has 2 aromatic heterocycles. The van der Waals surface area contributed by atoms with Crippen LogP contribution in [0.15, 0.2) is 24.8 Å².